The van der Waals surface area contributed by atoms with Crippen LogP contribution < -0.4 is 5.32 Å². The number of hydrogen-bond acceptors (Lipinski definition) is 6. The number of rotatable bonds is 6. The number of ether oxygens (including phenoxy) is 1. The second-order valence-corrected chi connectivity index (χ2v) is 11.7. The van der Waals surface area contributed by atoms with E-state index >= 15 is 0 Å². The van der Waals surface area contributed by atoms with Gasteiger partial charge in [-0.05, 0) is 67.1 Å². The van der Waals surface area contributed by atoms with Gasteiger partial charge < -0.3 is 15.0 Å². The Hall–Kier alpha value is -3.41. The van der Waals surface area contributed by atoms with E-state index in [0.29, 0.717) is 50.4 Å². The molecule has 8 nitrogen and oxygen atoms in total. The molecule has 0 radical (unpaired) electrons. The highest BCUT2D eigenvalue weighted by Gasteiger charge is 2.31. The van der Waals surface area contributed by atoms with Gasteiger partial charge in [-0.1, -0.05) is 12.1 Å². The molecule has 0 spiro atoms. The van der Waals surface area contributed by atoms with Crippen molar-refractivity contribution in [2.24, 2.45) is 0 Å². The van der Waals surface area contributed by atoms with Gasteiger partial charge in [-0.3, -0.25) is 4.79 Å². The Labute approximate surface area is 226 Å². The van der Waals surface area contributed by atoms with E-state index in [9.17, 15) is 22.0 Å². The number of halogens is 2. The lowest BCUT2D eigenvalue weighted by molar-refractivity contribution is 0.0713. The number of nitrogens with zero attached hydrogens (tertiary/aromatic N) is 3. The van der Waals surface area contributed by atoms with E-state index in [4.69, 9.17) is 4.74 Å². The number of amides is 1. The van der Waals surface area contributed by atoms with Crippen LogP contribution in [0, 0.1) is 18.6 Å². The summed E-state index contributed by atoms with van der Waals surface area (Å²) >= 11 is 0. The molecule has 0 aliphatic carbocycles. The zero-order valence-electron chi connectivity index (χ0n) is 21.6. The van der Waals surface area contributed by atoms with Crippen LogP contribution in [-0.4, -0.2) is 67.9 Å². The molecule has 3 aromatic rings. The van der Waals surface area contributed by atoms with Crippen LogP contribution in [0.1, 0.15) is 40.2 Å². The molecule has 5 rings (SSSR count). The molecule has 1 amide bonds. The first-order valence-electron chi connectivity index (χ1n) is 12.9. The fourth-order valence-corrected chi connectivity index (χ4v) is 6.35. The monoisotopic (exact) mass is 556 g/mol. The molecule has 1 N–H and O–H groups in total. The molecule has 206 valence electrons. The third-order valence-corrected chi connectivity index (χ3v) is 9.06. The first kappa shape index (κ1) is 27.2. The zero-order valence-corrected chi connectivity index (χ0v) is 22.4. The number of hydrogen-bond donors (Lipinski definition) is 1. The van der Waals surface area contributed by atoms with Crippen LogP contribution in [-0.2, 0) is 14.8 Å². The summed E-state index contributed by atoms with van der Waals surface area (Å²) in [5.74, 6) is -0.746. The SMILES string of the molecule is Cc1cc(F)ccc1Nc1cc(S(=O)(=O)N2CCOCC2)ncc1C(=O)N1CCC(c2ccc(F)cc2)CC1. The number of morpholine rings is 1. The third kappa shape index (κ3) is 5.95. The summed E-state index contributed by atoms with van der Waals surface area (Å²) in [6, 6.07) is 12.0. The van der Waals surface area contributed by atoms with Crippen LogP contribution in [0.25, 0.3) is 0 Å². The van der Waals surface area contributed by atoms with Gasteiger partial charge in [0.2, 0.25) is 0 Å². The van der Waals surface area contributed by atoms with Crippen molar-refractivity contribution in [1.29, 1.82) is 0 Å². The van der Waals surface area contributed by atoms with Gasteiger partial charge in [-0.25, -0.2) is 22.2 Å². The number of pyridine rings is 1. The maximum atomic E-state index is 13.7. The lowest BCUT2D eigenvalue weighted by Gasteiger charge is -2.33. The zero-order chi connectivity index (χ0) is 27.6. The maximum Gasteiger partial charge on any atom is 0.260 e. The van der Waals surface area contributed by atoms with Crippen LogP contribution in [0.2, 0.25) is 0 Å². The minimum absolute atomic E-state index is 0.182. The predicted molar refractivity (Wildman–Crippen MR) is 143 cm³/mol. The number of anilines is 2. The Morgan fingerprint density at radius 2 is 1.62 bits per heavy atom. The number of carbonyl (C=O) groups is 1. The normalized spacial score (nSPS) is 17.3. The second-order valence-electron chi connectivity index (χ2n) is 9.79. The number of aromatic nitrogens is 1. The van der Waals surface area contributed by atoms with Gasteiger partial charge in [0.05, 0.1) is 24.5 Å². The van der Waals surface area contributed by atoms with Gasteiger partial charge in [0.15, 0.2) is 5.03 Å². The van der Waals surface area contributed by atoms with E-state index in [1.54, 1.807) is 30.0 Å². The highest BCUT2D eigenvalue weighted by atomic mass is 32.2. The van der Waals surface area contributed by atoms with Crippen molar-refractivity contribution >= 4 is 27.3 Å². The molecule has 11 heteroatoms. The molecule has 39 heavy (non-hydrogen) atoms. The van der Waals surface area contributed by atoms with Gasteiger partial charge in [0.25, 0.3) is 15.9 Å². The van der Waals surface area contributed by atoms with Crippen molar-refractivity contribution in [3.05, 3.63) is 83.1 Å². The fourth-order valence-electron chi connectivity index (χ4n) is 5.00. The summed E-state index contributed by atoms with van der Waals surface area (Å²) < 4.78 is 60.2. The van der Waals surface area contributed by atoms with E-state index in [-0.39, 0.29) is 47.0 Å². The molecule has 0 unspecified atom stereocenters. The second kappa shape index (κ2) is 11.4. The van der Waals surface area contributed by atoms with E-state index < -0.39 is 15.8 Å². The molecule has 0 atom stereocenters. The number of nitrogens with one attached hydrogen (secondary N) is 1. The summed E-state index contributed by atoms with van der Waals surface area (Å²) in [5, 5.41) is 2.96. The molecule has 2 aromatic carbocycles. The van der Waals surface area contributed by atoms with Crippen LogP contribution in [0.15, 0.2) is 59.8 Å². The Morgan fingerprint density at radius 1 is 0.949 bits per heavy atom. The first-order valence-corrected chi connectivity index (χ1v) is 14.3. The molecule has 2 aliphatic rings. The highest BCUT2D eigenvalue weighted by molar-refractivity contribution is 7.89. The van der Waals surface area contributed by atoms with Gasteiger partial charge in [-0.2, -0.15) is 4.31 Å². The topological polar surface area (TPSA) is 91.8 Å². The summed E-state index contributed by atoms with van der Waals surface area (Å²) in [7, 11) is -3.91. The Morgan fingerprint density at radius 3 is 2.28 bits per heavy atom. The van der Waals surface area contributed by atoms with Crippen LogP contribution in [0.5, 0.6) is 0 Å². The van der Waals surface area contributed by atoms with E-state index in [2.05, 4.69) is 10.3 Å². The van der Waals surface area contributed by atoms with E-state index in [1.807, 2.05) is 0 Å². The molecule has 2 aliphatic heterocycles. The highest BCUT2D eigenvalue weighted by Crippen LogP contribution is 2.32. The van der Waals surface area contributed by atoms with Crippen LogP contribution in [0.3, 0.4) is 0 Å². The quantitative estimate of drug-likeness (QED) is 0.482. The van der Waals surface area contributed by atoms with Gasteiger partial charge >= 0.3 is 0 Å². The summed E-state index contributed by atoms with van der Waals surface area (Å²) in [6.07, 6.45) is 2.73. The van der Waals surface area contributed by atoms with Gasteiger partial charge in [-0.15, -0.1) is 0 Å². The van der Waals surface area contributed by atoms with Crippen molar-refractivity contribution in [2.75, 3.05) is 44.7 Å². The minimum atomic E-state index is -3.91. The van der Waals surface area contributed by atoms with E-state index in [0.717, 1.165) is 5.56 Å². The number of benzene rings is 2. The van der Waals surface area contributed by atoms with Crippen molar-refractivity contribution in [3.8, 4) is 0 Å². The van der Waals surface area contributed by atoms with E-state index in [1.165, 1.54) is 40.8 Å². The first-order chi connectivity index (χ1) is 18.7. The standard InChI is InChI=1S/C28H30F2N4O4S/c1-19-16-23(30)6-7-25(19)32-26-17-27(39(36,37)34-12-14-38-15-13-34)31-18-24(26)28(35)33-10-8-21(9-11-33)20-2-4-22(29)5-3-20/h2-7,16-18,21H,8-15H2,1H3,(H,31,32). The third-order valence-electron chi connectivity index (χ3n) is 7.26. The molecule has 0 bridgehead atoms. The van der Waals surface area contributed by atoms with Crippen LogP contribution in [0.4, 0.5) is 20.2 Å². The van der Waals surface area contributed by atoms with Crippen molar-refractivity contribution in [2.45, 2.75) is 30.7 Å². The maximum absolute atomic E-state index is 13.7. The predicted octanol–water partition coefficient (Wildman–Crippen LogP) is 4.45. The lowest BCUT2D eigenvalue weighted by atomic mass is 9.89. The van der Waals surface area contributed by atoms with Gasteiger partial charge in [0, 0.05) is 44.1 Å². The number of piperidine rings is 1. The summed E-state index contributed by atoms with van der Waals surface area (Å²) in [4.78, 5) is 19.6. The lowest BCUT2D eigenvalue weighted by Crippen LogP contribution is -2.41. The Balaban J connectivity index is 1.42. The Kier molecular flexibility index (Phi) is 7.92. The summed E-state index contributed by atoms with van der Waals surface area (Å²) in [5.41, 5.74) is 2.68. The smallest absolute Gasteiger partial charge is 0.260 e. The molecule has 2 fully saturated rings. The molecule has 0 saturated carbocycles. The minimum Gasteiger partial charge on any atom is -0.379 e. The Bertz CT molecular complexity index is 1450. The largest absolute Gasteiger partial charge is 0.379 e. The van der Waals surface area contributed by atoms with Crippen molar-refractivity contribution in [3.63, 3.8) is 0 Å². The van der Waals surface area contributed by atoms with Crippen LogP contribution >= 0.6 is 0 Å². The van der Waals surface area contributed by atoms with Crippen molar-refractivity contribution < 1.29 is 26.7 Å². The fraction of sp³-hybridized carbons (Fsp3) is 0.357. The molecular formula is C28H30F2N4O4S. The summed E-state index contributed by atoms with van der Waals surface area (Å²) in [6.45, 7) is 3.72. The number of likely N-dealkylation sites (tertiary alicyclic amines) is 1. The molecule has 3 heterocycles. The molecule has 1 aromatic heterocycles. The number of aryl methyl sites for hydroxylation is 1. The average Bonchev–Trinajstić information content (AvgIpc) is 2.95. The number of sulfonamides is 1. The van der Waals surface area contributed by atoms with Crippen molar-refractivity contribution in [1.82, 2.24) is 14.2 Å². The van der Waals surface area contributed by atoms with Gasteiger partial charge in [0.1, 0.15) is 11.6 Å². The molecular weight excluding hydrogens is 526 g/mol. The molecule has 2 saturated heterocycles. The number of carbonyl (C=O) groups excluding carboxylic acids is 1. The average molecular weight is 557 g/mol.